The molecule has 1 aliphatic heterocycles. The van der Waals surface area contributed by atoms with Crippen molar-refractivity contribution in [3.8, 4) is 11.9 Å². The quantitative estimate of drug-likeness (QED) is 0.356. The van der Waals surface area contributed by atoms with E-state index < -0.39 is 0 Å². The predicted octanol–water partition coefficient (Wildman–Crippen LogP) is 5.07. The molecule has 0 bridgehead atoms. The highest BCUT2D eigenvalue weighted by molar-refractivity contribution is 5.70. The largest absolute Gasteiger partial charge is 0.477 e. The third kappa shape index (κ3) is 6.91. The molecule has 0 fully saturated rings. The lowest BCUT2D eigenvalue weighted by Crippen LogP contribution is -2.14. The van der Waals surface area contributed by atoms with Crippen molar-refractivity contribution in [2.24, 2.45) is 7.05 Å². The average molecular weight is 516 g/mol. The number of carbonyl (C=O) groups excluding carboxylic acids is 1. The summed E-state index contributed by atoms with van der Waals surface area (Å²) >= 11 is 0. The summed E-state index contributed by atoms with van der Waals surface area (Å²) in [5, 5.41) is 17.6. The molecule has 1 aromatic carbocycles. The minimum Gasteiger partial charge on any atom is -0.477 e. The third-order valence-electron chi connectivity index (χ3n) is 6.87. The Morgan fingerprint density at radius 1 is 1.18 bits per heavy atom. The maximum atomic E-state index is 12.5. The van der Waals surface area contributed by atoms with E-state index in [2.05, 4.69) is 48.5 Å². The van der Waals surface area contributed by atoms with Crippen molar-refractivity contribution in [1.82, 2.24) is 14.8 Å². The van der Waals surface area contributed by atoms with E-state index >= 15 is 0 Å². The number of hydrogen-bond donors (Lipinski definition) is 1. The van der Waals surface area contributed by atoms with Gasteiger partial charge in [0.25, 0.3) is 0 Å². The molecular formula is C30H37N5O3. The lowest BCUT2D eigenvalue weighted by atomic mass is 9.87. The van der Waals surface area contributed by atoms with Gasteiger partial charge in [-0.1, -0.05) is 26.0 Å². The summed E-state index contributed by atoms with van der Waals surface area (Å²) in [5.41, 5.74) is 5.70. The van der Waals surface area contributed by atoms with Crippen LogP contribution in [0.25, 0.3) is 0 Å². The summed E-state index contributed by atoms with van der Waals surface area (Å²) in [6.45, 7) is 7.78. The first kappa shape index (κ1) is 27.2. The van der Waals surface area contributed by atoms with Crippen LogP contribution in [0.2, 0.25) is 0 Å². The molecule has 4 rings (SSSR count). The van der Waals surface area contributed by atoms with E-state index in [9.17, 15) is 10.1 Å². The highest BCUT2D eigenvalue weighted by atomic mass is 16.5. The Morgan fingerprint density at radius 3 is 2.76 bits per heavy atom. The second-order valence-corrected chi connectivity index (χ2v) is 10.1. The van der Waals surface area contributed by atoms with Crippen molar-refractivity contribution in [3.05, 3.63) is 70.0 Å². The molecule has 2 aromatic heterocycles. The number of carbonyl (C=O) groups is 1. The molecule has 1 N–H and O–H groups in total. The molecule has 0 saturated heterocycles. The van der Waals surface area contributed by atoms with Crippen LogP contribution in [0.4, 0.5) is 5.82 Å². The number of nitrogens with zero attached hydrogens (tertiary/aromatic N) is 4. The predicted molar refractivity (Wildman–Crippen MR) is 146 cm³/mol. The zero-order valence-electron chi connectivity index (χ0n) is 22.8. The molecule has 0 saturated carbocycles. The fourth-order valence-electron chi connectivity index (χ4n) is 4.80. The van der Waals surface area contributed by atoms with Gasteiger partial charge >= 0.3 is 5.97 Å². The highest BCUT2D eigenvalue weighted by Gasteiger charge is 2.22. The fourth-order valence-corrected chi connectivity index (χ4v) is 4.80. The Balaban J connectivity index is 1.47. The number of nitriles is 1. The van der Waals surface area contributed by atoms with Crippen LogP contribution in [0.1, 0.15) is 79.1 Å². The molecule has 0 radical (unpaired) electrons. The summed E-state index contributed by atoms with van der Waals surface area (Å²) in [6, 6.07) is 14.3. The first-order valence-corrected chi connectivity index (χ1v) is 13.4. The van der Waals surface area contributed by atoms with Crippen LogP contribution in [0, 0.1) is 11.3 Å². The van der Waals surface area contributed by atoms with Gasteiger partial charge in [0.15, 0.2) is 0 Å². The van der Waals surface area contributed by atoms with Crippen LogP contribution in [0.15, 0.2) is 36.4 Å². The van der Waals surface area contributed by atoms with Crippen LogP contribution >= 0.6 is 0 Å². The number of aryl methyl sites for hydroxylation is 2. The van der Waals surface area contributed by atoms with Gasteiger partial charge in [0, 0.05) is 31.8 Å². The SMILES string of the molecule is CCOC(=O)CC(Cc1cc(OCCc2ccc3c(n2)NCCC3)n(C)n1)c1cc(C#N)cc(C(C)C)c1. The number of fused-ring (bicyclic) bond motifs is 1. The van der Waals surface area contributed by atoms with Crippen molar-refractivity contribution in [2.45, 2.75) is 64.7 Å². The van der Waals surface area contributed by atoms with Crippen molar-refractivity contribution in [3.63, 3.8) is 0 Å². The average Bonchev–Trinajstić information content (AvgIpc) is 3.26. The number of hydrogen-bond acceptors (Lipinski definition) is 7. The van der Waals surface area contributed by atoms with Gasteiger partial charge in [0.1, 0.15) is 5.82 Å². The van der Waals surface area contributed by atoms with Gasteiger partial charge in [-0.2, -0.15) is 10.4 Å². The third-order valence-corrected chi connectivity index (χ3v) is 6.87. The summed E-state index contributed by atoms with van der Waals surface area (Å²) in [6.07, 6.45) is 3.65. The van der Waals surface area contributed by atoms with Gasteiger partial charge < -0.3 is 14.8 Å². The first-order valence-electron chi connectivity index (χ1n) is 13.4. The molecule has 1 aliphatic rings. The van der Waals surface area contributed by atoms with Gasteiger partial charge in [-0.05, 0) is 72.9 Å². The number of nitrogens with one attached hydrogen (secondary N) is 1. The number of aromatic nitrogens is 3. The van der Waals surface area contributed by atoms with Crippen molar-refractivity contribution in [1.29, 1.82) is 5.26 Å². The molecule has 3 aromatic rings. The molecule has 0 aliphatic carbocycles. The van der Waals surface area contributed by atoms with Gasteiger partial charge in [-0.25, -0.2) is 9.67 Å². The molecular weight excluding hydrogens is 478 g/mol. The minimum absolute atomic E-state index is 0.171. The standard InChI is InChI=1S/C30H37N5O3/c1-5-37-29(36)17-25(24-14-21(19-31)13-23(15-24)20(2)3)16-27-18-28(35(4)34-27)38-12-10-26-9-8-22-7-6-11-32-30(22)33-26/h8-9,13-15,18,20,25H,5-7,10-12,16-17H2,1-4H3,(H,32,33). The molecule has 8 nitrogen and oxygen atoms in total. The van der Waals surface area contributed by atoms with Gasteiger partial charge in [0.2, 0.25) is 5.88 Å². The van der Waals surface area contributed by atoms with Crippen molar-refractivity contribution in [2.75, 3.05) is 25.1 Å². The molecule has 0 amide bonds. The Kier molecular flexibility index (Phi) is 9.01. The van der Waals surface area contributed by atoms with E-state index in [0.29, 0.717) is 37.5 Å². The van der Waals surface area contributed by atoms with E-state index in [1.165, 1.54) is 5.56 Å². The molecule has 38 heavy (non-hydrogen) atoms. The molecule has 3 heterocycles. The molecule has 1 atom stereocenters. The normalized spacial score (nSPS) is 13.4. The van der Waals surface area contributed by atoms with E-state index in [1.807, 2.05) is 25.2 Å². The number of esters is 1. The number of rotatable bonds is 11. The van der Waals surface area contributed by atoms with Gasteiger partial charge in [-0.15, -0.1) is 0 Å². The number of ether oxygens (including phenoxy) is 2. The Bertz CT molecular complexity index is 1310. The van der Waals surface area contributed by atoms with E-state index in [4.69, 9.17) is 14.5 Å². The maximum Gasteiger partial charge on any atom is 0.306 e. The Morgan fingerprint density at radius 2 is 2.00 bits per heavy atom. The van der Waals surface area contributed by atoms with E-state index in [-0.39, 0.29) is 24.2 Å². The van der Waals surface area contributed by atoms with E-state index in [1.54, 1.807) is 11.6 Å². The van der Waals surface area contributed by atoms with Crippen LogP contribution in [-0.2, 0) is 35.8 Å². The van der Waals surface area contributed by atoms with Crippen LogP contribution in [0.5, 0.6) is 5.88 Å². The topological polar surface area (TPSA) is 102 Å². The fraction of sp³-hybridized carbons (Fsp3) is 0.467. The van der Waals surface area contributed by atoms with Crippen LogP contribution in [0.3, 0.4) is 0 Å². The zero-order chi connectivity index (χ0) is 27.1. The van der Waals surface area contributed by atoms with Crippen molar-refractivity contribution < 1.29 is 14.3 Å². The van der Waals surface area contributed by atoms with Crippen LogP contribution < -0.4 is 10.1 Å². The Hall–Kier alpha value is -3.86. The van der Waals surface area contributed by atoms with E-state index in [0.717, 1.165) is 47.7 Å². The van der Waals surface area contributed by atoms with Gasteiger partial charge in [-0.3, -0.25) is 4.79 Å². The zero-order valence-corrected chi connectivity index (χ0v) is 22.8. The second-order valence-electron chi connectivity index (χ2n) is 10.1. The number of anilines is 1. The first-order chi connectivity index (χ1) is 18.4. The summed E-state index contributed by atoms with van der Waals surface area (Å²) in [5.74, 6) is 1.49. The molecule has 1 unspecified atom stereocenters. The summed E-state index contributed by atoms with van der Waals surface area (Å²) < 4.78 is 13.1. The highest BCUT2D eigenvalue weighted by Crippen LogP contribution is 2.30. The molecule has 0 spiro atoms. The van der Waals surface area contributed by atoms with Gasteiger partial charge in [0.05, 0.1) is 37.0 Å². The maximum absolute atomic E-state index is 12.5. The second kappa shape index (κ2) is 12.6. The molecule has 200 valence electrons. The number of benzene rings is 1. The summed E-state index contributed by atoms with van der Waals surface area (Å²) in [7, 11) is 1.85. The smallest absolute Gasteiger partial charge is 0.306 e. The summed E-state index contributed by atoms with van der Waals surface area (Å²) in [4.78, 5) is 17.2. The lowest BCUT2D eigenvalue weighted by Gasteiger charge is -2.18. The van der Waals surface area contributed by atoms with Crippen molar-refractivity contribution >= 4 is 11.8 Å². The number of pyridine rings is 1. The van der Waals surface area contributed by atoms with Crippen LogP contribution in [-0.4, -0.2) is 40.5 Å². The monoisotopic (exact) mass is 515 g/mol. The lowest BCUT2D eigenvalue weighted by molar-refractivity contribution is -0.143. The minimum atomic E-state index is -0.259. The molecule has 8 heteroatoms. The Labute approximate surface area is 225 Å².